The third-order valence-electron chi connectivity index (χ3n) is 3.25. The number of non-ortho nitro benzene ring substituents is 2. The molecule has 2 N–H and O–H groups in total. The van der Waals surface area contributed by atoms with E-state index >= 15 is 0 Å². The van der Waals surface area contributed by atoms with Gasteiger partial charge in [0.15, 0.2) is 0 Å². The first-order valence-electron chi connectivity index (χ1n) is 8.06. The highest BCUT2D eigenvalue weighted by atomic mass is 79.9. The molecule has 0 aliphatic rings. The van der Waals surface area contributed by atoms with Crippen LogP contribution in [-0.4, -0.2) is 37.2 Å². The summed E-state index contributed by atoms with van der Waals surface area (Å²) >= 11 is 5.79. The maximum atomic E-state index is 10.6. The van der Waals surface area contributed by atoms with Gasteiger partial charge in [-0.05, 0) is 42.7 Å². The van der Waals surface area contributed by atoms with Gasteiger partial charge in [0.1, 0.15) is 0 Å². The predicted molar refractivity (Wildman–Crippen MR) is 123 cm³/mol. The Morgan fingerprint density at radius 1 is 0.676 bits per heavy atom. The van der Waals surface area contributed by atoms with E-state index in [2.05, 4.69) is 42.0 Å². The summed E-state index contributed by atoms with van der Waals surface area (Å²) in [5.41, 5.74) is 1.56. The van der Waals surface area contributed by atoms with Crippen LogP contribution >= 0.6 is 31.9 Å². The molecule has 0 heterocycles. The number of nitrogens with one attached hydrogen (secondary N) is 2. The summed E-state index contributed by atoms with van der Waals surface area (Å²) in [5.74, 6) is 0. The highest BCUT2D eigenvalue weighted by Crippen LogP contribution is 2.37. The van der Waals surface area contributed by atoms with Crippen molar-refractivity contribution in [1.29, 1.82) is 10.8 Å². The minimum atomic E-state index is -5.17. The molecule has 0 aliphatic heterocycles. The van der Waals surface area contributed by atoms with Crippen LogP contribution in [0.15, 0.2) is 33.2 Å². The third kappa shape index (κ3) is 11.1. The molecule has 0 amide bonds. The smallest absolute Gasteiger partial charge is 0.308 e. The van der Waals surface area contributed by atoms with Gasteiger partial charge in [0.25, 0.3) is 22.2 Å². The van der Waals surface area contributed by atoms with Crippen LogP contribution < -0.4 is 10.9 Å². The molecule has 0 bridgehead atoms. The Bertz CT molecular complexity index is 1340. The number of hydrogen-bond acceptors (Lipinski definition) is 16. The number of benzene rings is 2. The standard InChI is InChI=1S/2C6H3BrN5O4.H2O4S/c2*7-4-1-3(11(13)14)2-5(12(15)16)6(4)9-10-8;1-5(2,3)4/h2*1-2,9H;(H2,1,2,3,4)/q2*+1;/p-2. The van der Waals surface area contributed by atoms with Crippen LogP contribution in [0.3, 0.4) is 0 Å². The lowest BCUT2D eigenvalue weighted by Crippen LogP contribution is -1.98. The van der Waals surface area contributed by atoms with Gasteiger partial charge in [-0.2, -0.15) is 0 Å². The van der Waals surface area contributed by atoms with Crippen LogP contribution in [0.4, 0.5) is 34.1 Å². The molecule has 0 unspecified atom stereocenters. The molecule has 0 aromatic heterocycles. The van der Waals surface area contributed by atoms with Crippen molar-refractivity contribution in [1.82, 2.24) is 0 Å². The van der Waals surface area contributed by atoms with E-state index in [-0.39, 0.29) is 20.3 Å². The highest BCUT2D eigenvalue weighted by Gasteiger charge is 2.27. The Balaban J connectivity index is 0.000000594. The van der Waals surface area contributed by atoms with Gasteiger partial charge in [0, 0.05) is 22.5 Å². The molecule has 196 valence electrons. The van der Waals surface area contributed by atoms with Crippen molar-refractivity contribution in [2.75, 3.05) is 10.9 Å². The molecule has 2 aromatic rings. The first kappa shape index (κ1) is 32.3. The van der Waals surface area contributed by atoms with Crippen molar-refractivity contribution in [3.63, 3.8) is 0 Å². The first-order chi connectivity index (χ1) is 16.9. The van der Waals surface area contributed by atoms with Gasteiger partial charge in [-0.25, -0.2) is 0 Å². The van der Waals surface area contributed by atoms with Crippen LogP contribution in [0.2, 0.25) is 0 Å². The van der Waals surface area contributed by atoms with Crippen molar-refractivity contribution >= 4 is 76.4 Å². The first-order valence-corrected chi connectivity index (χ1v) is 11.0. The Labute approximate surface area is 218 Å². The van der Waals surface area contributed by atoms with Gasteiger partial charge >= 0.3 is 21.5 Å². The Kier molecular flexibility index (Phi) is 12.2. The lowest BCUT2D eigenvalue weighted by atomic mass is 10.2. The average molecular weight is 674 g/mol. The summed E-state index contributed by atoms with van der Waals surface area (Å²) in [6.45, 7) is 0. The Morgan fingerprint density at radius 2 is 0.946 bits per heavy atom. The maximum Gasteiger partial charge on any atom is 0.308 e. The van der Waals surface area contributed by atoms with E-state index in [1.807, 2.05) is 10.9 Å². The normalized spacial score (nSPS) is 9.57. The minimum Gasteiger partial charge on any atom is -0.759 e. The number of nitrogens with zero attached hydrogens (tertiary/aromatic N) is 8. The van der Waals surface area contributed by atoms with E-state index in [0.717, 1.165) is 24.3 Å². The van der Waals surface area contributed by atoms with Gasteiger partial charge < -0.3 is 9.11 Å². The number of rotatable bonds is 6. The average Bonchev–Trinajstić information content (AvgIpc) is 2.75. The molecular weight excluding hydrogens is 668 g/mol. The topological polar surface area (TPSA) is 333 Å². The van der Waals surface area contributed by atoms with E-state index in [9.17, 15) is 40.5 Å². The second-order valence-electron chi connectivity index (χ2n) is 5.50. The fourth-order valence-corrected chi connectivity index (χ4v) is 3.03. The van der Waals surface area contributed by atoms with Crippen molar-refractivity contribution in [3.8, 4) is 0 Å². The minimum absolute atomic E-state index is 0.0474. The lowest BCUT2D eigenvalue weighted by molar-refractivity contribution is -0.394. The summed E-state index contributed by atoms with van der Waals surface area (Å²) in [6.07, 6.45) is 0. The third-order valence-corrected chi connectivity index (χ3v) is 4.50. The molecule has 0 aliphatic carbocycles. The number of nitro groups is 4. The SMILES string of the molecule is N#[N+]Nc1c(Br)cc([N+](=O)[O-])cc1[N+](=O)[O-].N#[N+]Nc1c(Br)cc([N+](=O)[O-])cc1[N+](=O)[O-].O=S(=O)([O-])[O-]. The van der Waals surface area contributed by atoms with Crippen LogP contribution in [-0.2, 0) is 10.4 Å². The fourth-order valence-electron chi connectivity index (χ4n) is 1.98. The van der Waals surface area contributed by atoms with Crippen molar-refractivity contribution in [2.24, 2.45) is 0 Å². The number of hydrogen-bond donors (Lipinski definition) is 2. The zero-order chi connectivity index (χ0) is 29.1. The van der Waals surface area contributed by atoms with Gasteiger partial charge in [-0.1, -0.05) is 0 Å². The second-order valence-corrected chi connectivity index (χ2v) is 8.03. The van der Waals surface area contributed by atoms with E-state index < -0.39 is 52.8 Å². The molecule has 22 nitrogen and oxygen atoms in total. The summed E-state index contributed by atoms with van der Waals surface area (Å²) in [7, 11) is -5.17. The molecule has 25 heteroatoms. The molecule has 0 saturated carbocycles. The van der Waals surface area contributed by atoms with E-state index in [1.54, 1.807) is 0 Å². The van der Waals surface area contributed by atoms with Crippen molar-refractivity contribution in [2.45, 2.75) is 0 Å². The summed E-state index contributed by atoms with van der Waals surface area (Å²) in [5, 5.41) is 63.8. The predicted octanol–water partition coefficient (Wildman–Crippen LogP) is 3.55. The second kappa shape index (κ2) is 14.0. The fraction of sp³-hybridized carbons (Fsp3) is 0. The largest absolute Gasteiger partial charge is 0.759 e. The van der Waals surface area contributed by atoms with Crippen molar-refractivity contribution < 1.29 is 37.2 Å². The summed E-state index contributed by atoms with van der Waals surface area (Å²) in [4.78, 5) is 39.0. The molecule has 37 heavy (non-hydrogen) atoms. The Morgan fingerprint density at radius 3 is 1.14 bits per heavy atom. The molecule has 0 atom stereocenters. The van der Waals surface area contributed by atoms with Crippen LogP contribution in [0.5, 0.6) is 0 Å². The molecule has 0 spiro atoms. The number of anilines is 2. The zero-order valence-electron chi connectivity index (χ0n) is 17.0. The van der Waals surface area contributed by atoms with Crippen LogP contribution in [0.25, 0.3) is 10.2 Å². The van der Waals surface area contributed by atoms with E-state index in [4.69, 9.17) is 28.3 Å². The molecule has 2 rings (SSSR count). The molecular formula is C12H6Br2N10O12S. The molecule has 2 aromatic carbocycles. The van der Waals surface area contributed by atoms with Crippen molar-refractivity contribution in [3.05, 3.63) is 83.8 Å². The zero-order valence-corrected chi connectivity index (χ0v) is 20.9. The van der Waals surface area contributed by atoms with E-state index in [1.165, 1.54) is 0 Å². The quantitative estimate of drug-likeness (QED) is 0.145. The van der Waals surface area contributed by atoms with Gasteiger partial charge in [0.2, 0.25) is 11.4 Å². The number of halogens is 2. The molecule has 0 fully saturated rings. The van der Waals surface area contributed by atoms with E-state index in [0.29, 0.717) is 0 Å². The number of nitro benzene ring substituents is 4. The Hall–Kier alpha value is -4.69. The lowest BCUT2D eigenvalue weighted by Gasteiger charge is -2.06. The summed E-state index contributed by atoms with van der Waals surface area (Å²) in [6, 6.07) is 3.64. The monoisotopic (exact) mass is 672 g/mol. The molecule has 0 radical (unpaired) electrons. The van der Waals surface area contributed by atoms with Gasteiger partial charge in [0.05, 0.1) is 40.8 Å². The van der Waals surface area contributed by atoms with Gasteiger partial charge in [-0.15, -0.1) is 0 Å². The van der Waals surface area contributed by atoms with Crippen LogP contribution in [0.1, 0.15) is 0 Å². The highest BCUT2D eigenvalue weighted by molar-refractivity contribution is 9.11. The molecule has 0 saturated heterocycles. The van der Waals surface area contributed by atoms with Gasteiger partial charge in [-0.3, -0.25) is 48.9 Å². The van der Waals surface area contributed by atoms with Crippen LogP contribution in [0, 0.1) is 51.2 Å². The maximum absolute atomic E-state index is 10.6. The summed E-state index contributed by atoms with van der Waals surface area (Å²) < 4.78 is 34.2. The number of diazo groups is 2.